The number of benzene rings is 2. The predicted octanol–water partition coefficient (Wildman–Crippen LogP) is 6.34. The van der Waals surface area contributed by atoms with E-state index in [-0.39, 0.29) is 42.8 Å². The molecule has 5 aromatic rings. The number of carboxylic acids is 1. The summed E-state index contributed by atoms with van der Waals surface area (Å²) >= 11 is 6.61. The third-order valence-electron chi connectivity index (χ3n) is 12.1. The molecule has 29 heteroatoms. The molecule has 0 bridgehead atoms. The minimum atomic E-state index is -5.23. The number of aromatic nitrogens is 5. The summed E-state index contributed by atoms with van der Waals surface area (Å²) < 4.78 is 196. The molecule has 4 N–H and O–H groups in total. The molecule has 16 nitrogen and oxygen atoms in total. The number of fused-ring (bicyclic) bond motifs is 4. The van der Waals surface area contributed by atoms with Crippen LogP contribution in [0, 0.1) is 29.4 Å². The van der Waals surface area contributed by atoms with Crippen LogP contribution in [-0.2, 0) is 73.3 Å². The van der Waals surface area contributed by atoms with Crippen molar-refractivity contribution in [2.75, 3.05) is 6.26 Å². The summed E-state index contributed by atoms with van der Waals surface area (Å²) in [6, 6.07) is 3.09. The highest BCUT2D eigenvalue weighted by molar-refractivity contribution is 7.92. The third kappa shape index (κ3) is 11.4. The van der Waals surface area contributed by atoms with E-state index in [1.54, 1.807) is 0 Å². The molecule has 0 radical (unpaired) electrons. The van der Waals surface area contributed by atoms with Gasteiger partial charge in [-0.2, -0.15) is 45.3 Å². The van der Waals surface area contributed by atoms with E-state index in [2.05, 4.69) is 32.3 Å². The van der Waals surface area contributed by atoms with Gasteiger partial charge in [-0.3, -0.25) is 23.7 Å². The Labute approximate surface area is 413 Å². The number of halogens is 11. The fourth-order valence-corrected chi connectivity index (χ4v) is 9.47. The van der Waals surface area contributed by atoms with Crippen LogP contribution in [0.3, 0.4) is 0 Å². The first-order chi connectivity index (χ1) is 33.7. The molecule has 3 aromatic heterocycles. The van der Waals surface area contributed by atoms with Gasteiger partial charge in [0.2, 0.25) is 16.8 Å². The molecule has 0 aliphatic heterocycles. The second-order valence-corrected chi connectivity index (χ2v) is 21.7. The Morgan fingerprint density at radius 3 is 2.25 bits per heavy atom. The van der Waals surface area contributed by atoms with Crippen LogP contribution < -0.4 is 11.1 Å². The fourth-order valence-electron chi connectivity index (χ4n) is 8.41. The first-order valence-electron chi connectivity index (χ1n) is 21.4. The van der Waals surface area contributed by atoms with E-state index in [0.717, 1.165) is 42.7 Å². The van der Waals surface area contributed by atoms with Gasteiger partial charge < -0.3 is 16.2 Å². The zero-order valence-corrected chi connectivity index (χ0v) is 40.3. The Morgan fingerprint density at radius 2 is 1.66 bits per heavy atom. The summed E-state index contributed by atoms with van der Waals surface area (Å²) in [5, 5.41) is 18.0. The SMILES string of the molecule is CC(C)(C#Cc1ccc(-c2ccc(Cl)c3c(CN(C(=O)C(N)CCC(=O)O)[SH](=O)=O)nn(CC(F)(F)F)c23)c(C(Cc2cc(F)cc(F)c2)NC(=O)Cn2nc(C(F)(F)F)c3c2C(F)(F)[C@@H]2C[C@H]32)n1)S(C)(=O)=O. The summed E-state index contributed by atoms with van der Waals surface area (Å²) in [6.45, 7) is -1.89. The van der Waals surface area contributed by atoms with E-state index in [1.165, 1.54) is 13.8 Å². The number of nitrogens with two attached hydrogens (primary N) is 1. The minimum absolute atomic E-state index is 0.109. The van der Waals surface area contributed by atoms with Crippen molar-refractivity contribution in [2.45, 2.75) is 100 Å². The van der Waals surface area contributed by atoms with Gasteiger partial charge in [-0.25, -0.2) is 34.9 Å². The number of hydrogen-bond acceptors (Lipinski definition) is 11. The van der Waals surface area contributed by atoms with Gasteiger partial charge in [-0.05, 0) is 80.8 Å². The number of rotatable bonds is 16. The molecule has 7 rings (SSSR count). The maximum absolute atomic E-state index is 15.6. The van der Waals surface area contributed by atoms with Crippen LogP contribution in [0.5, 0.6) is 0 Å². The van der Waals surface area contributed by atoms with Crippen molar-refractivity contribution in [1.29, 1.82) is 0 Å². The largest absolute Gasteiger partial charge is 0.481 e. The summed E-state index contributed by atoms with van der Waals surface area (Å²) in [4.78, 5) is 43.1. The monoisotopic (exact) mass is 1100 g/mol. The molecule has 2 aliphatic rings. The van der Waals surface area contributed by atoms with Gasteiger partial charge in [0.15, 0.2) is 15.5 Å². The number of carbonyl (C=O) groups excluding carboxylic acids is 2. The van der Waals surface area contributed by atoms with Crippen LogP contribution in [0.4, 0.5) is 43.9 Å². The van der Waals surface area contributed by atoms with Gasteiger partial charge in [0.05, 0.1) is 40.6 Å². The zero-order valence-electron chi connectivity index (χ0n) is 37.9. The average molecular weight is 1100 g/mol. The number of nitrogens with zero attached hydrogens (tertiary/aromatic N) is 6. The summed E-state index contributed by atoms with van der Waals surface area (Å²) in [5.41, 5.74) is -0.517. The number of hydrogen-bond donors (Lipinski definition) is 4. The molecule has 73 heavy (non-hydrogen) atoms. The summed E-state index contributed by atoms with van der Waals surface area (Å²) in [7, 11) is -7.85. The second-order valence-electron chi connectivity index (χ2n) is 17.8. The maximum atomic E-state index is 15.6. The summed E-state index contributed by atoms with van der Waals surface area (Å²) in [5.74, 6) is -7.87. The zero-order chi connectivity index (χ0) is 54.1. The van der Waals surface area contributed by atoms with Gasteiger partial charge in [0.1, 0.15) is 40.9 Å². The van der Waals surface area contributed by atoms with Crippen molar-refractivity contribution in [3.05, 3.63) is 98.7 Å². The Bertz CT molecular complexity index is 3320. The van der Waals surface area contributed by atoms with Crippen LogP contribution in [0.25, 0.3) is 22.0 Å². The lowest BCUT2D eigenvalue weighted by atomic mass is 9.93. The number of nitrogens with one attached hydrogen (secondary N) is 1. The third-order valence-corrected chi connectivity index (χ3v) is 15.1. The molecule has 0 spiro atoms. The normalized spacial score (nSPS) is 17.2. The van der Waals surface area contributed by atoms with Crippen LogP contribution in [0.15, 0.2) is 42.5 Å². The number of aliphatic carboxylic acids is 1. The molecular weight excluding hydrogens is 1060 g/mol. The lowest BCUT2D eigenvalue weighted by Gasteiger charge is -2.23. The maximum Gasteiger partial charge on any atom is 0.435 e. The van der Waals surface area contributed by atoms with Crippen molar-refractivity contribution in [2.24, 2.45) is 11.7 Å². The highest BCUT2D eigenvalue weighted by Crippen LogP contribution is 2.68. The Kier molecular flexibility index (Phi) is 14.6. The van der Waals surface area contributed by atoms with Crippen molar-refractivity contribution < 1.29 is 80.2 Å². The molecule has 1 saturated carbocycles. The van der Waals surface area contributed by atoms with Crippen LogP contribution in [-0.4, -0.2) is 91.8 Å². The Balaban J connectivity index is 1.45. The first kappa shape index (κ1) is 54.5. The molecule has 0 saturated heterocycles. The van der Waals surface area contributed by atoms with Crippen LogP contribution in [0.2, 0.25) is 5.02 Å². The highest BCUT2D eigenvalue weighted by atomic mass is 35.5. The fraction of sp³-hybridized carbons (Fsp3) is 0.409. The molecule has 4 atom stereocenters. The van der Waals surface area contributed by atoms with Crippen LogP contribution >= 0.6 is 11.6 Å². The minimum Gasteiger partial charge on any atom is -0.481 e. The van der Waals surface area contributed by atoms with E-state index in [1.807, 2.05) is 0 Å². The van der Waals surface area contributed by atoms with Crippen molar-refractivity contribution in [3.8, 4) is 23.0 Å². The van der Waals surface area contributed by atoms with Gasteiger partial charge >= 0.3 is 18.3 Å². The Morgan fingerprint density at radius 1 is 1.01 bits per heavy atom. The quantitative estimate of drug-likeness (QED) is 0.0482. The lowest BCUT2D eigenvalue weighted by Crippen LogP contribution is -2.43. The predicted molar refractivity (Wildman–Crippen MR) is 238 cm³/mol. The topological polar surface area (TPSA) is 230 Å². The first-order valence-corrected chi connectivity index (χ1v) is 24.8. The van der Waals surface area contributed by atoms with Gasteiger partial charge in [0, 0.05) is 46.7 Å². The van der Waals surface area contributed by atoms with Gasteiger partial charge in [-0.15, -0.1) is 0 Å². The standard InChI is InChI=1S/C44H39ClF10N8O8S2/c1-41(2,73(3,70)71)11-10-23-4-5-24(25-6-7-28(45)35-31(59-62(37(25)35)19-42(48,49)50)17-63(72(68)69)40(67)29(56)8-9-33(65)66)36(57-23)30(14-20-12-21(46)15-22(47)13-20)58-32(64)18-61-39-34(38(60-61)44(53,54)55)26-16-27(26)43(39,51)52/h4-7,12-13,15,26-27,29-30,72H,8-9,14,16-19,56H2,1-3H3,(H,58,64)(H,65,66)/t26-,27+,29?,30?/m0/s1. The van der Waals surface area contributed by atoms with E-state index in [4.69, 9.17) is 22.4 Å². The molecule has 2 aliphatic carbocycles. The van der Waals surface area contributed by atoms with Crippen LogP contribution in [0.1, 0.15) is 84.7 Å². The number of sulfone groups is 1. The molecular formula is C44H39ClF10N8O8S2. The van der Waals surface area contributed by atoms with E-state index in [9.17, 15) is 66.3 Å². The molecule has 2 unspecified atom stereocenters. The molecule has 3 heterocycles. The number of amides is 2. The Hall–Kier alpha value is -6.31. The molecule has 1 fully saturated rings. The number of alkyl halides is 8. The second kappa shape index (κ2) is 19.5. The highest BCUT2D eigenvalue weighted by Gasteiger charge is 2.68. The molecule has 392 valence electrons. The lowest BCUT2D eigenvalue weighted by molar-refractivity contribution is -0.143. The number of thiol groups is 1. The van der Waals surface area contributed by atoms with Crippen molar-refractivity contribution >= 4 is 61.0 Å². The van der Waals surface area contributed by atoms with Gasteiger partial charge in [-0.1, -0.05) is 23.6 Å². The smallest absolute Gasteiger partial charge is 0.435 e. The van der Waals surface area contributed by atoms with E-state index >= 15 is 8.78 Å². The molecule has 2 amide bonds. The van der Waals surface area contributed by atoms with Crippen molar-refractivity contribution in [3.63, 3.8) is 0 Å². The molecule has 2 aromatic carbocycles. The number of carboxylic acid groups (broad SMARTS) is 1. The van der Waals surface area contributed by atoms with Gasteiger partial charge in [0.25, 0.3) is 11.8 Å². The number of carbonyl (C=O) groups is 3. The number of pyridine rings is 1. The van der Waals surface area contributed by atoms with E-state index in [0.29, 0.717) is 10.7 Å². The average Bonchev–Trinajstić information content (AvgIpc) is 3.78. The van der Waals surface area contributed by atoms with E-state index < -0.39 is 175 Å². The summed E-state index contributed by atoms with van der Waals surface area (Å²) in [6.07, 6.45) is -11.7. The van der Waals surface area contributed by atoms with Crippen molar-refractivity contribution in [1.82, 2.24) is 34.2 Å².